The Bertz CT molecular complexity index is 1060. The van der Waals surface area contributed by atoms with Gasteiger partial charge in [-0.1, -0.05) is 104 Å². The zero-order chi connectivity index (χ0) is 81.5. The van der Waals surface area contributed by atoms with E-state index in [0.29, 0.717) is 65.6 Å². The van der Waals surface area contributed by atoms with Crippen LogP contribution in [-0.4, -0.2) is 311 Å². The van der Waals surface area contributed by atoms with Gasteiger partial charge in [0, 0.05) is 126 Å². The number of methoxy groups -OCH3 is 7. The third kappa shape index (κ3) is 236. The first-order valence-corrected chi connectivity index (χ1v) is 36.7. The van der Waals surface area contributed by atoms with Crippen LogP contribution < -0.4 is 26.6 Å². The van der Waals surface area contributed by atoms with Gasteiger partial charge in [0.1, 0.15) is 0 Å². The molecule has 0 bridgehead atoms. The summed E-state index contributed by atoms with van der Waals surface area (Å²) in [5.41, 5.74) is 0.814. The second kappa shape index (κ2) is 111. The normalized spacial score (nSPS) is 12.3. The van der Waals surface area contributed by atoms with Gasteiger partial charge >= 0.3 is 0 Å². The highest BCUT2D eigenvalue weighted by atomic mass is 16.5. The Morgan fingerprint density at radius 2 is 0.763 bits per heavy atom. The van der Waals surface area contributed by atoms with Crippen LogP contribution in [0.25, 0.3) is 0 Å². The van der Waals surface area contributed by atoms with Crippen molar-refractivity contribution in [1.29, 1.82) is 0 Å². The van der Waals surface area contributed by atoms with E-state index in [2.05, 4.69) is 243 Å². The smallest absolute Gasteiger partial charge is 0.0828 e. The van der Waals surface area contributed by atoms with Gasteiger partial charge in [-0.25, -0.2) is 0 Å². The van der Waals surface area contributed by atoms with Gasteiger partial charge in [0.05, 0.1) is 36.6 Å². The van der Waals surface area contributed by atoms with Crippen molar-refractivity contribution < 1.29 is 43.0 Å². The number of aliphatic hydroxyl groups is 1. The minimum absolute atomic E-state index is 0.219. The van der Waals surface area contributed by atoms with Crippen molar-refractivity contribution in [2.45, 2.75) is 293 Å². The molecule has 0 amide bonds. The maximum Gasteiger partial charge on any atom is 0.0828 e. The van der Waals surface area contributed by atoms with E-state index < -0.39 is 0 Å². The molecule has 614 valence electrons. The van der Waals surface area contributed by atoms with Gasteiger partial charge in [-0.2, -0.15) is 0 Å². The lowest BCUT2D eigenvalue weighted by molar-refractivity contribution is -0.0377. The molecule has 97 heavy (non-hydrogen) atoms. The first-order chi connectivity index (χ1) is 44.3. The maximum atomic E-state index is 8.27. The molecule has 19 heteroatoms. The quantitative estimate of drug-likeness (QED) is 0.0641. The summed E-state index contributed by atoms with van der Waals surface area (Å²) in [6.45, 7) is 68.8. The molecule has 2 aliphatic rings. The van der Waals surface area contributed by atoms with Gasteiger partial charge in [0.15, 0.2) is 0 Å². The summed E-state index contributed by atoms with van der Waals surface area (Å²) in [4.78, 5) is 10.7. The Morgan fingerprint density at radius 3 is 0.804 bits per heavy atom. The molecule has 1 unspecified atom stereocenters. The molecule has 1 saturated carbocycles. The van der Waals surface area contributed by atoms with Gasteiger partial charge in [-0.15, -0.1) is 0 Å². The van der Waals surface area contributed by atoms with Gasteiger partial charge < -0.3 is 94.1 Å². The zero-order valence-corrected chi connectivity index (χ0v) is 76.9. The summed E-state index contributed by atoms with van der Waals surface area (Å²) >= 11 is 0. The predicted octanol–water partition coefficient (Wildman–Crippen LogP) is 14.6. The monoisotopic (exact) mass is 1420 g/mol. The van der Waals surface area contributed by atoms with Crippen LogP contribution >= 0.6 is 0 Å². The molecular formula is C78H198N10O9. The first kappa shape index (κ1) is 136. The number of ether oxygens (including phenoxy) is 8. The van der Waals surface area contributed by atoms with E-state index in [-0.39, 0.29) is 12.6 Å². The molecule has 0 radical (unpaired) electrons. The molecule has 19 nitrogen and oxygen atoms in total. The molecule has 0 aromatic carbocycles. The van der Waals surface area contributed by atoms with Crippen LogP contribution in [0, 0.1) is 17.3 Å². The minimum Gasteiger partial charge on any atom is -0.395 e. The van der Waals surface area contributed by atoms with E-state index in [9.17, 15) is 0 Å². The summed E-state index contributed by atoms with van der Waals surface area (Å²) in [5.74, 6) is 1.63. The fourth-order valence-corrected chi connectivity index (χ4v) is 2.95. The van der Waals surface area contributed by atoms with E-state index in [4.69, 9.17) is 33.5 Å². The van der Waals surface area contributed by atoms with E-state index >= 15 is 0 Å². The van der Waals surface area contributed by atoms with Crippen molar-refractivity contribution in [2.75, 3.05) is 215 Å². The molecule has 1 heterocycles. The Kier molecular flexibility index (Phi) is 155. The molecule has 1 aliphatic heterocycles. The van der Waals surface area contributed by atoms with Crippen molar-refractivity contribution in [3.8, 4) is 0 Å². The lowest BCUT2D eigenvalue weighted by Crippen LogP contribution is -2.49. The van der Waals surface area contributed by atoms with Crippen molar-refractivity contribution in [1.82, 2.24) is 51.1 Å². The number of hydrogen-bond acceptors (Lipinski definition) is 19. The summed E-state index contributed by atoms with van der Waals surface area (Å²) in [5, 5.41) is 23.2. The van der Waals surface area contributed by atoms with Crippen molar-refractivity contribution >= 4 is 0 Å². The molecule has 1 atom stereocenters. The largest absolute Gasteiger partial charge is 0.395 e. The molecule has 1 saturated heterocycles. The number of hydrogen-bond donors (Lipinski definition) is 6. The fraction of sp³-hybridized carbons (Fsp3) is 1.00. The standard InChI is InChI=1S/C10H22.C6H13NO.2C5H13N.C5H10O.C4H11NO.4C4H11N.4C4H10O.2C3H9N.C3H8O.C2H6O/c1-8(2)7-10(5,6)9(3)4;1-3-8-6-4-7(2)5-6;2*1-5(2)6(3)4;1-5(6-2)3-4-5;1-4(3-6)5-2;1-4-5(2)3;6*1-4(2)5-3;1-3-4-5-2;1-4(2)3;2*1-3-4-2;1-3-2/h8-9H,7H2,1-6H3;6H,3-5H2,1-2H3;2*5H,1-4H3;3-4H2,1-2H3;4-6H,3H2,1-2H3;4H2,1-3H3;3*4-5H,1-3H3;3*4H,1-3H3;3-4H2,1-2H3;1-3H3;4H,3H2,1-2H3;3H2,1-2H3;1-2H3. The average Bonchev–Trinajstić information content (AvgIpc) is 1.75. The Balaban J connectivity index is -0.0000000515. The van der Waals surface area contributed by atoms with Gasteiger partial charge in [-0.05, 0) is 259 Å². The minimum atomic E-state index is 0.219. The van der Waals surface area contributed by atoms with Gasteiger partial charge in [-0.3, -0.25) is 0 Å². The van der Waals surface area contributed by atoms with Crippen LogP contribution in [0.3, 0.4) is 0 Å². The molecule has 6 N–H and O–H groups in total. The predicted molar refractivity (Wildman–Crippen MR) is 444 cm³/mol. The SMILES string of the molecule is CC(C)CC(C)(C)C(C)C.CC(C)N(C)C.CC(C)N(C)C.CCCOC.CCN(C)C.CCNC.CCOC.CCOC1CN(C)C1.CN(C)C.CNC(C)C.CNC(C)C.CNC(C)C.CNC(C)CO.COC.COC(C)C.COC(C)C.COC(C)C.COC1(C)CC1. The third-order valence-corrected chi connectivity index (χ3v) is 13.0. The van der Waals surface area contributed by atoms with Crippen LogP contribution in [-0.2, 0) is 37.9 Å². The third-order valence-electron chi connectivity index (χ3n) is 13.0. The summed E-state index contributed by atoms with van der Waals surface area (Å²) < 4.78 is 38.1. The molecule has 0 aromatic rings. The van der Waals surface area contributed by atoms with Crippen LogP contribution in [0.1, 0.15) is 226 Å². The topological polar surface area (TPSA) is 170 Å². The van der Waals surface area contributed by atoms with E-state index in [1.807, 2.05) is 124 Å². The molecule has 0 aromatic heterocycles. The average molecular weight is 1420 g/mol. The molecule has 2 fully saturated rings. The van der Waals surface area contributed by atoms with Crippen molar-refractivity contribution in [2.24, 2.45) is 17.3 Å². The van der Waals surface area contributed by atoms with E-state index in [1.165, 1.54) is 19.3 Å². The summed E-state index contributed by atoms with van der Waals surface area (Å²) in [7, 11) is 43.6. The fourth-order valence-electron chi connectivity index (χ4n) is 2.95. The van der Waals surface area contributed by atoms with Crippen molar-refractivity contribution in [3.63, 3.8) is 0 Å². The van der Waals surface area contributed by atoms with Crippen LogP contribution in [0.5, 0.6) is 0 Å². The molecule has 1 aliphatic carbocycles. The van der Waals surface area contributed by atoms with Gasteiger partial charge in [0.2, 0.25) is 0 Å². The zero-order valence-electron chi connectivity index (χ0n) is 76.9. The van der Waals surface area contributed by atoms with Gasteiger partial charge in [0.25, 0.3) is 0 Å². The van der Waals surface area contributed by atoms with Crippen LogP contribution in [0.15, 0.2) is 0 Å². The van der Waals surface area contributed by atoms with Crippen LogP contribution in [0.4, 0.5) is 0 Å². The summed E-state index contributed by atoms with van der Waals surface area (Å²) in [6, 6.07) is 3.51. The second-order valence-electron chi connectivity index (χ2n) is 28.3. The summed E-state index contributed by atoms with van der Waals surface area (Å²) in [6.07, 6.45) is 6.65. The number of aliphatic hydroxyl groups excluding tert-OH is 1. The number of rotatable bonds is 21. The Hall–Kier alpha value is -0.760. The lowest BCUT2D eigenvalue weighted by Gasteiger charge is -2.35. The van der Waals surface area contributed by atoms with Crippen molar-refractivity contribution in [3.05, 3.63) is 0 Å². The van der Waals surface area contributed by atoms with E-state index in [0.717, 1.165) is 64.3 Å². The number of likely N-dealkylation sites (tertiary alicyclic amines) is 1. The lowest BCUT2D eigenvalue weighted by atomic mass is 9.75. The highest BCUT2D eigenvalue weighted by Gasteiger charge is 2.36. The highest BCUT2D eigenvalue weighted by Crippen LogP contribution is 2.37. The Labute approximate surface area is 616 Å². The number of likely N-dealkylation sites (N-methyl/N-ethyl adjacent to an activating group) is 2. The number of nitrogens with zero attached hydrogens (tertiary/aromatic N) is 5. The van der Waals surface area contributed by atoms with E-state index in [1.54, 1.807) is 56.9 Å². The number of nitrogens with one attached hydrogen (secondary N) is 5. The molecule has 2 rings (SSSR count). The van der Waals surface area contributed by atoms with Crippen LogP contribution in [0.2, 0.25) is 0 Å². The molecular weight excluding hydrogens is 1220 g/mol. The Morgan fingerprint density at radius 1 is 0.515 bits per heavy atom. The molecule has 0 spiro atoms. The maximum absolute atomic E-state index is 8.27. The highest BCUT2D eigenvalue weighted by molar-refractivity contribution is 4.89. The first-order valence-electron chi connectivity index (χ1n) is 36.7. The second-order valence-corrected chi connectivity index (χ2v) is 28.3.